The summed E-state index contributed by atoms with van der Waals surface area (Å²) in [6.07, 6.45) is -44.0. The number of ether oxygens (including phenoxy) is 9. The van der Waals surface area contributed by atoms with Crippen molar-refractivity contribution in [1.29, 1.82) is 0 Å². The Morgan fingerprint density at radius 2 is 0.921 bits per heavy atom. The smallest absolute Gasteiger partial charge is 0.335 e. The largest absolute Gasteiger partial charge is 0.479 e. The quantitative estimate of drug-likeness (QED) is 0.0725. The number of aliphatic hydroxyl groups is 14. The van der Waals surface area contributed by atoms with Gasteiger partial charge in [0.05, 0.1) is 26.4 Å². The van der Waals surface area contributed by atoms with Crippen molar-refractivity contribution >= 4 is 17.8 Å². The minimum atomic E-state index is -2.17. The molecule has 25 atom stereocenters. The highest BCUT2D eigenvalue weighted by atomic mass is 16.8. The Balaban J connectivity index is 1.33. The molecule has 5 rings (SSSR count). The third kappa shape index (κ3) is 11.4. The molecule has 0 bridgehead atoms. The van der Waals surface area contributed by atoms with Gasteiger partial charge in [0.1, 0.15) is 116 Å². The Hall–Kier alpha value is -2.51. The molecule has 0 aromatic rings. The zero-order chi connectivity index (χ0) is 46.8. The monoisotopic (exact) mass is 924 g/mol. The normalized spacial score (nSPS) is 48.3. The number of carboxylic acids is 1. The van der Waals surface area contributed by atoms with Crippen molar-refractivity contribution in [2.75, 3.05) is 26.4 Å². The van der Waals surface area contributed by atoms with E-state index in [0.717, 1.165) is 13.8 Å². The van der Waals surface area contributed by atoms with Crippen LogP contribution < -0.4 is 10.6 Å². The van der Waals surface area contributed by atoms with E-state index in [9.17, 15) is 91.0 Å². The van der Waals surface area contributed by atoms with E-state index in [1.807, 2.05) is 0 Å². The number of carbonyl (C=O) groups excluding carboxylic acids is 2. The SMILES string of the molecule is CC(=O)N[C@@H]1[C@@H](O)[C@H](O)[C@@H](CO[C@H]2O[C@H](CO[C@@H]3O[C@H](CO)[C@H](O)[C@H](O)[C@H]3O[C@@H]3O[C@H](CO)[C@@H](O)[C@H](O[C@H]4O[C@H](C(=O)O)[C@H](O)[C@H](O)[C@H]4O)[C@H]3NC(C)=O)[C@@H](O)[C@H](O)[C@H]2O)O[C@@H]1O. The molecule has 0 aromatic heterocycles. The van der Waals surface area contributed by atoms with Crippen molar-refractivity contribution in [3.05, 3.63) is 0 Å². The summed E-state index contributed by atoms with van der Waals surface area (Å²) in [6.45, 7) is -1.40. The number of rotatable bonds is 15. The number of amides is 2. The molecule has 0 aromatic carbocycles. The molecule has 29 nitrogen and oxygen atoms in total. The Kier molecular flexibility index (Phi) is 17.9. The lowest BCUT2D eigenvalue weighted by Crippen LogP contribution is -2.70. The van der Waals surface area contributed by atoms with Gasteiger partial charge >= 0.3 is 5.97 Å². The lowest BCUT2D eigenvalue weighted by atomic mass is 9.94. The summed E-state index contributed by atoms with van der Waals surface area (Å²) in [5.41, 5.74) is 0. The summed E-state index contributed by atoms with van der Waals surface area (Å²) < 4.78 is 50.2. The van der Waals surface area contributed by atoms with Crippen LogP contribution in [0.25, 0.3) is 0 Å². The van der Waals surface area contributed by atoms with Gasteiger partial charge in [-0.2, -0.15) is 0 Å². The van der Waals surface area contributed by atoms with Crippen molar-refractivity contribution in [2.24, 2.45) is 0 Å². The number of nitrogens with one attached hydrogen (secondary N) is 2. The number of hydrogen-bond donors (Lipinski definition) is 17. The molecule has 5 aliphatic heterocycles. The molecule has 29 heteroatoms. The van der Waals surface area contributed by atoms with E-state index < -0.39 is 198 Å². The lowest BCUT2D eigenvalue weighted by molar-refractivity contribution is -0.374. The van der Waals surface area contributed by atoms with E-state index in [-0.39, 0.29) is 0 Å². The second-order valence-electron chi connectivity index (χ2n) is 15.5. The number of carbonyl (C=O) groups is 3. The summed E-state index contributed by atoms with van der Waals surface area (Å²) in [5, 5.41) is 162. The molecule has 63 heavy (non-hydrogen) atoms. The minimum Gasteiger partial charge on any atom is -0.479 e. The molecule has 0 spiro atoms. The highest BCUT2D eigenvalue weighted by molar-refractivity contribution is 5.74. The van der Waals surface area contributed by atoms with E-state index in [2.05, 4.69) is 10.6 Å². The van der Waals surface area contributed by atoms with Crippen LogP contribution in [0.2, 0.25) is 0 Å². The first-order chi connectivity index (χ1) is 29.6. The van der Waals surface area contributed by atoms with Gasteiger partial charge in [-0.05, 0) is 0 Å². The van der Waals surface area contributed by atoms with Crippen molar-refractivity contribution in [1.82, 2.24) is 10.6 Å². The van der Waals surface area contributed by atoms with Crippen LogP contribution in [0.1, 0.15) is 13.8 Å². The highest BCUT2D eigenvalue weighted by Gasteiger charge is 2.56. The first-order valence-corrected chi connectivity index (χ1v) is 19.6. The predicted molar refractivity (Wildman–Crippen MR) is 190 cm³/mol. The molecule has 17 N–H and O–H groups in total. The highest BCUT2D eigenvalue weighted by Crippen LogP contribution is 2.34. The average molecular weight is 925 g/mol. The van der Waals surface area contributed by atoms with Crippen molar-refractivity contribution in [3.8, 4) is 0 Å². The number of hydrogen-bond acceptors (Lipinski definition) is 26. The van der Waals surface area contributed by atoms with Gasteiger partial charge < -0.3 is 130 Å². The Labute approximate surface area is 355 Å². The van der Waals surface area contributed by atoms with E-state index in [1.54, 1.807) is 0 Å². The fourth-order valence-electron chi connectivity index (χ4n) is 7.59. The predicted octanol–water partition coefficient (Wildman–Crippen LogP) is -11.5. The van der Waals surface area contributed by atoms with Gasteiger partial charge in [-0.1, -0.05) is 0 Å². The zero-order valence-corrected chi connectivity index (χ0v) is 33.4. The first-order valence-electron chi connectivity index (χ1n) is 19.6. The molecule has 364 valence electrons. The van der Waals surface area contributed by atoms with Gasteiger partial charge in [-0.3, -0.25) is 9.59 Å². The number of aliphatic hydroxyl groups excluding tert-OH is 14. The average Bonchev–Trinajstić information content (AvgIpc) is 3.23. The van der Waals surface area contributed by atoms with Crippen LogP contribution in [0.5, 0.6) is 0 Å². The Morgan fingerprint density at radius 1 is 0.460 bits per heavy atom. The van der Waals surface area contributed by atoms with Gasteiger partial charge in [-0.15, -0.1) is 0 Å². The van der Waals surface area contributed by atoms with Crippen LogP contribution in [0.4, 0.5) is 0 Å². The summed E-state index contributed by atoms with van der Waals surface area (Å²) in [4.78, 5) is 35.6. The maximum absolute atomic E-state index is 12.5. The summed E-state index contributed by atoms with van der Waals surface area (Å²) in [6, 6.07) is -3.18. The van der Waals surface area contributed by atoms with E-state index in [0.29, 0.717) is 0 Å². The van der Waals surface area contributed by atoms with Gasteiger partial charge in [0.25, 0.3) is 0 Å². The van der Waals surface area contributed by atoms with Gasteiger partial charge in [0, 0.05) is 13.8 Å². The van der Waals surface area contributed by atoms with Crippen molar-refractivity contribution in [2.45, 2.75) is 167 Å². The molecule has 5 aliphatic rings. The fraction of sp³-hybridized carbons (Fsp3) is 0.912. The molecular weight excluding hydrogens is 868 g/mol. The van der Waals surface area contributed by atoms with Crippen molar-refractivity contribution < 1.29 is 134 Å². The van der Waals surface area contributed by atoms with E-state index >= 15 is 0 Å². The standard InChI is InChI=1S/C34H56N2O27/c1-7(39)35-13-19(45)16(42)11(57-30(13)54)5-55-32-24(50)20(46)17(43)12(60-32)6-56-34-28(22(48)15(41)9(3-37)59-34)63-31-14(36-8(2)40)26(18(44)10(4-38)58-31)61-33-25(51)21(47)23(49)27(62-33)29(52)53/h9-28,30-34,37-38,41-51,54H,3-6H2,1-2H3,(H,35,39)(H,36,40)(H,52,53)/t9-,10-,11-,12-,13-,14-,15+,16-,17-,18-,19-,20+,21+,22+,23-,24-,25-,26-,27+,28-,30+,31+,32+,33+,34-/m1/s1. The second-order valence-corrected chi connectivity index (χ2v) is 15.5. The molecular formula is C34H56N2O27. The molecule has 5 saturated heterocycles. The Bertz CT molecular complexity index is 1520. The van der Waals surface area contributed by atoms with Crippen LogP contribution in [0.3, 0.4) is 0 Å². The van der Waals surface area contributed by atoms with Gasteiger partial charge in [0.15, 0.2) is 37.6 Å². The molecule has 0 radical (unpaired) electrons. The van der Waals surface area contributed by atoms with Gasteiger partial charge in [0.2, 0.25) is 11.8 Å². The third-order valence-corrected chi connectivity index (χ3v) is 11.1. The zero-order valence-electron chi connectivity index (χ0n) is 33.4. The maximum atomic E-state index is 12.5. The molecule has 0 aliphatic carbocycles. The van der Waals surface area contributed by atoms with Crippen molar-refractivity contribution in [3.63, 3.8) is 0 Å². The molecule has 2 amide bonds. The molecule has 5 fully saturated rings. The van der Waals surface area contributed by atoms with E-state index in [4.69, 9.17) is 42.6 Å². The fourth-order valence-corrected chi connectivity index (χ4v) is 7.59. The summed E-state index contributed by atoms with van der Waals surface area (Å²) in [5.74, 6) is -3.29. The molecule has 5 heterocycles. The van der Waals surface area contributed by atoms with Crippen LogP contribution in [-0.2, 0) is 57.0 Å². The van der Waals surface area contributed by atoms with Crippen LogP contribution in [0.15, 0.2) is 0 Å². The van der Waals surface area contributed by atoms with Gasteiger partial charge in [-0.25, -0.2) is 4.79 Å². The van der Waals surface area contributed by atoms with Crippen LogP contribution in [0, 0.1) is 0 Å². The summed E-state index contributed by atoms with van der Waals surface area (Å²) in [7, 11) is 0. The molecule has 0 saturated carbocycles. The van der Waals surface area contributed by atoms with Crippen LogP contribution >= 0.6 is 0 Å². The van der Waals surface area contributed by atoms with E-state index in [1.165, 1.54) is 0 Å². The lowest BCUT2D eigenvalue weighted by Gasteiger charge is -2.49. The number of carboxylic acid groups (broad SMARTS) is 1. The third-order valence-electron chi connectivity index (χ3n) is 11.1. The molecule has 0 unspecified atom stereocenters. The van der Waals surface area contributed by atoms with Crippen LogP contribution in [-0.4, -0.2) is 274 Å². The summed E-state index contributed by atoms with van der Waals surface area (Å²) >= 11 is 0. The number of aliphatic carboxylic acids is 1. The maximum Gasteiger partial charge on any atom is 0.335 e. The second kappa shape index (κ2) is 21.9. The Morgan fingerprint density at radius 3 is 1.51 bits per heavy atom. The minimum absolute atomic E-state index is 0.655. The topological polar surface area (TPSA) is 462 Å². The first kappa shape index (κ1) is 51.5.